The Bertz CT molecular complexity index is 766. The van der Waals surface area contributed by atoms with Gasteiger partial charge >= 0.3 is 0 Å². The van der Waals surface area contributed by atoms with Crippen LogP contribution in [0.5, 0.6) is 0 Å². The van der Waals surface area contributed by atoms with Crippen molar-refractivity contribution in [1.82, 2.24) is 9.88 Å². The molecular formula is C19H20N4O. The van der Waals surface area contributed by atoms with Crippen molar-refractivity contribution in [2.75, 3.05) is 18.4 Å². The van der Waals surface area contributed by atoms with Crippen LogP contribution in [0.1, 0.15) is 29.5 Å². The summed E-state index contributed by atoms with van der Waals surface area (Å²) in [7, 11) is 0. The molecule has 1 aromatic carbocycles. The van der Waals surface area contributed by atoms with Gasteiger partial charge in [-0.3, -0.25) is 4.79 Å². The van der Waals surface area contributed by atoms with Gasteiger partial charge in [-0.05, 0) is 36.1 Å². The van der Waals surface area contributed by atoms with Gasteiger partial charge in [-0.15, -0.1) is 0 Å². The number of amides is 1. The highest BCUT2D eigenvalue weighted by molar-refractivity contribution is 5.76. The van der Waals surface area contributed by atoms with E-state index in [1.807, 2.05) is 11.0 Å². The van der Waals surface area contributed by atoms with Gasteiger partial charge in [-0.1, -0.05) is 24.3 Å². The predicted molar refractivity (Wildman–Crippen MR) is 92.2 cm³/mol. The Labute approximate surface area is 141 Å². The largest absolute Gasteiger partial charge is 0.369 e. The van der Waals surface area contributed by atoms with Gasteiger partial charge < -0.3 is 10.2 Å². The van der Waals surface area contributed by atoms with Crippen LogP contribution in [0, 0.1) is 11.3 Å². The first-order valence-corrected chi connectivity index (χ1v) is 8.21. The molecule has 0 unspecified atom stereocenters. The molecule has 122 valence electrons. The summed E-state index contributed by atoms with van der Waals surface area (Å²) in [6.45, 7) is 2.13. The van der Waals surface area contributed by atoms with E-state index in [0.29, 0.717) is 30.9 Å². The van der Waals surface area contributed by atoms with E-state index in [0.717, 1.165) is 19.4 Å². The molecule has 5 heteroatoms. The molecule has 1 aromatic heterocycles. The molecule has 5 nitrogen and oxygen atoms in total. The molecule has 2 heterocycles. The molecule has 1 amide bonds. The second-order valence-corrected chi connectivity index (χ2v) is 5.88. The summed E-state index contributed by atoms with van der Waals surface area (Å²) < 4.78 is 0. The average molecular weight is 320 g/mol. The zero-order valence-corrected chi connectivity index (χ0v) is 13.5. The Morgan fingerprint density at radius 2 is 2.08 bits per heavy atom. The number of aromatic nitrogens is 1. The fourth-order valence-electron chi connectivity index (χ4n) is 2.95. The van der Waals surface area contributed by atoms with E-state index in [1.54, 1.807) is 18.3 Å². The zero-order valence-electron chi connectivity index (χ0n) is 13.5. The molecule has 0 bridgehead atoms. The third kappa shape index (κ3) is 3.72. The smallest absolute Gasteiger partial charge is 0.222 e. The van der Waals surface area contributed by atoms with Crippen LogP contribution in [0.2, 0.25) is 0 Å². The van der Waals surface area contributed by atoms with Crippen LogP contribution in [0.25, 0.3) is 0 Å². The maximum atomic E-state index is 12.4. The Morgan fingerprint density at radius 3 is 2.92 bits per heavy atom. The highest BCUT2D eigenvalue weighted by Crippen LogP contribution is 2.19. The number of rotatable bonds is 5. The molecule has 1 N–H and O–H groups in total. The van der Waals surface area contributed by atoms with Crippen LogP contribution in [-0.4, -0.2) is 28.9 Å². The van der Waals surface area contributed by atoms with Gasteiger partial charge in [0.25, 0.3) is 0 Å². The molecule has 0 fully saturated rings. The molecule has 0 radical (unpaired) electrons. The number of hydrogen-bond acceptors (Lipinski definition) is 4. The van der Waals surface area contributed by atoms with Crippen molar-refractivity contribution in [3.63, 3.8) is 0 Å². The summed E-state index contributed by atoms with van der Waals surface area (Å²) in [4.78, 5) is 18.5. The minimum Gasteiger partial charge on any atom is -0.369 e. The number of carbonyl (C=O) groups is 1. The summed E-state index contributed by atoms with van der Waals surface area (Å²) in [5, 5.41) is 12.2. The molecule has 0 spiro atoms. The normalized spacial score (nSPS) is 13.0. The molecule has 2 aromatic rings. The first kappa shape index (κ1) is 16.0. The number of hydrogen-bond donors (Lipinski definition) is 1. The Kier molecular flexibility index (Phi) is 5.07. The van der Waals surface area contributed by atoms with Gasteiger partial charge in [0.2, 0.25) is 5.91 Å². The second kappa shape index (κ2) is 7.60. The molecule has 0 aliphatic carbocycles. The highest BCUT2D eigenvalue weighted by atomic mass is 16.2. The molecule has 0 saturated carbocycles. The molecule has 0 atom stereocenters. The van der Waals surface area contributed by atoms with Crippen LogP contribution in [0.4, 0.5) is 5.82 Å². The van der Waals surface area contributed by atoms with E-state index < -0.39 is 0 Å². The summed E-state index contributed by atoms with van der Waals surface area (Å²) in [5.74, 6) is 0.771. The molecular weight excluding hydrogens is 300 g/mol. The van der Waals surface area contributed by atoms with Crippen molar-refractivity contribution < 1.29 is 4.79 Å². The minimum atomic E-state index is 0.188. The Hall–Kier alpha value is -2.87. The zero-order chi connectivity index (χ0) is 16.8. The number of fused-ring (bicyclic) bond motifs is 1. The number of nitrogens with one attached hydrogen (secondary N) is 1. The lowest BCUT2D eigenvalue weighted by atomic mass is 9.99. The molecule has 1 aliphatic heterocycles. The lowest BCUT2D eigenvalue weighted by Crippen LogP contribution is -2.36. The Balaban J connectivity index is 1.46. The van der Waals surface area contributed by atoms with Crippen molar-refractivity contribution in [3.8, 4) is 6.07 Å². The van der Waals surface area contributed by atoms with Gasteiger partial charge in [0.1, 0.15) is 11.9 Å². The number of nitrogens with zero attached hydrogens (tertiary/aromatic N) is 3. The van der Waals surface area contributed by atoms with E-state index in [-0.39, 0.29) is 5.91 Å². The van der Waals surface area contributed by atoms with Gasteiger partial charge in [0.15, 0.2) is 0 Å². The number of pyridine rings is 1. The van der Waals surface area contributed by atoms with Gasteiger partial charge in [0, 0.05) is 32.3 Å². The SMILES string of the molecule is N#Cc1cccnc1NCCCC(=O)N1CCc2ccccc2C1. The van der Waals surface area contributed by atoms with Gasteiger partial charge in [0.05, 0.1) is 5.56 Å². The number of anilines is 1. The third-order valence-corrected chi connectivity index (χ3v) is 4.27. The molecule has 0 saturated heterocycles. The van der Waals surface area contributed by atoms with Crippen LogP contribution < -0.4 is 5.32 Å². The van der Waals surface area contributed by atoms with Gasteiger partial charge in [-0.25, -0.2) is 4.98 Å². The standard InChI is InChI=1S/C19H20N4O/c20-13-16-7-3-10-21-19(16)22-11-4-8-18(24)23-12-9-15-5-1-2-6-17(15)14-23/h1-3,5-7,10H,4,8-9,11-12,14H2,(H,21,22). The van der Waals surface area contributed by atoms with E-state index in [1.165, 1.54) is 11.1 Å². The molecule has 3 rings (SSSR count). The summed E-state index contributed by atoms with van der Waals surface area (Å²) in [5.41, 5.74) is 3.13. The van der Waals surface area contributed by atoms with Crippen LogP contribution in [0.3, 0.4) is 0 Å². The van der Waals surface area contributed by atoms with E-state index in [4.69, 9.17) is 5.26 Å². The van der Waals surface area contributed by atoms with Crippen molar-refractivity contribution in [3.05, 3.63) is 59.3 Å². The van der Waals surface area contributed by atoms with E-state index in [9.17, 15) is 4.79 Å². The van der Waals surface area contributed by atoms with Crippen LogP contribution in [-0.2, 0) is 17.8 Å². The Morgan fingerprint density at radius 1 is 1.25 bits per heavy atom. The summed E-state index contributed by atoms with van der Waals surface area (Å²) in [6, 6.07) is 13.9. The molecule has 1 aliphatic rings. The van der Waals surface area contributed by atoms with Crippen molar-refractivity contribution >= 4 is 11.7 Å². The first-order valence-electron chi connectivity index (χ1n) is 8.21. The fraction of sp³-hybridized carbons (Fsp3) is 0.316. The third-order valence-electron chi connectivity index (χ3n) is 4.27. The maximum Gasteiger partial charge on any atom is 0.222 e. The maximum absolute atomic E-state index is 12.4. The topological polar surface area (TPSA) is 69.0 Å². The minimum absolute atomic E-state index is 0.188. The lowest BCUT2D eigenvalue weighted by Gasteiger charge is -2.29. The van der Waals surface area contributed by atoms with Crippen LogP contribution >= 0.6 is 0 Å². The average Bonchev–Trinajstić information content (AvgIpc) is 2.65. The van der Waals surface area contributed by atoms with Crippen LogP contribution in [0.15, 0.2) is 42.6 Å². The monoisotopic (exact) mass is 320 g/mol. The summed E-state index contributed by atoms with van der Waals surface area (Å²) >= 11 is 0. The first-order chi connectivity index (χ1) is 11.8. The number of nitriles is 1. The fourth-order valence-corrected chi connectivity index (χ4v) is 2.95. The number of benzene rings is 1. The van der Waals surface area contributed by atoms with Crippen molar-refractivity contribution in [2.45, 2.75) is 25.8 Å². The number of carbonyl (C=O) groups excluding carboxylic acids is 1. The highest BCUT2D eigenvalue weighted by Gasteiger charge is 2.19. The van der Waals surface area contributed by atoms with E-state index >= 15 is 0 Å². The lowest BCUT2D eigenvalue weighted by molar-refractivity contribution is -0.132. The van der Waals surface area contributed by atoms with Gasteiger partial charge in [-0.2, -0.15) is 5.26 Å². The predicted octanol–water partition coefficient (Wildman–Crippen LogP) is 2.73. The quantitative estimate of drug-likeness (QED) is 0.860. The summed E-state index contributed by atoms with van der Waals surface area (Å²) in [6.07, 6.45) is 3.81. The molecule has 24 heavy (non-hydrogen) atoms. The van der Waals surface area contributed by atoms with Crippen molar-refractivity contribution in [1.29, 1.82) is 5.26 Å². The van der Waals surface area contributed by atoms with E-state index in [2.05, 4.69) is 34.6 Å². The second-order valence-electron chi connectivity index (χ2n) is 5.88. The van der Waals surface area contributed by atoms with Crippen molar-refractivity contribution in [2.24, 2.45) is 0 Å².